The summed E-state index contributed by atoms with van der Waals surface area (Å²) in [4.78, 5) is 1.25. The molecule has 3 aromatic carbocycles. The van der Waals surface area contributed by atoms with E-state index in [1.54, 1.807) is 0 Å². The highest BCUT2D eigenvalue weighted by molar-refractivity contribution is 5.80. The predicted molar refractivity (Wildman–Crippen MR) is 116 cm³/mol. The summed E-state index contributed by atoms with van der Waals surface area (Å²) in [6, 6.07) is 9.02. The summed E-state index contributed by atoms with van der Waals surface area (Å²) >= 11 is 0. The fraction of sp³-hybridized carbons (Fsp3) is 0.280. The molecule has 0 fully saturated rings. The molecule has 0 N–H and O–H groups in total. The average Bonchev–Trinajstić information content (AvgIpc) is 2.84. The number of halogens is 10. The SMILES string of the molecule is Fc1cc(-c2cccc3c2OC[C@H](c2cccc(OC(F)(F)C(F)F)c2)N3CCC(F)(F)F)cc(F)c1F. The van der Waals surface area contributed by atoms with Crippen LogP contribution in [0.15, 0.2) is 54.6 Å². The smallest absolute Gasteiger partial charge is 0.461 e. The number of benzene rings is 3. The predicted octanol–water partition coefficient (Wildman–Crippen LogP) is 7.90. The summed E-state index contributed by atoms with van der Waals surface area (Å²) in [5, 5.41) is 0. The summed E-state index contributed by atoms with van der Waals surface area (Å²) in [5.41, 5.74) is 0.101. The minimum atomic E-state index is -4.81. The van der Waals surface area contributed by atoms with E-state index in [1.807, 2.05) is 0 Å². The maximum atomic E-state index is 13.9. The van der Waals surface area contributed by atoms with Gasteiger partial charge in [-0.2, -0.15) is 30.7 Å². The zero-order valence-electron chi connectivity index (χ0n) is 19.0. The molecule has 0 saturated heterocycles. The first-order valence-corrected chi connectivity index (χ1v) is 11.0. The van der Waals surface area contributed by atoms with Gasteiger partial charge in [-0.3, -0.25) is 0 Å². The van der Waals surface area contributed by atoms with E-state index in [0.717, 1.165) is 12.1 Å². The van der Waals surface area contributed by atoms with Crippen molar-refractivity contribution in [1.82, 2.24) is 0 Å². The van der Waals surface area contributed by atoms with Crippen LogP contribution in [0.1, 0.15) is 18.0 Å². The molecule has 0 saturated carbocycles. The fourth-order valence-electron chi connectivity index (χ4n) is 4.05. The molecule has 0 bridgehead atoms. The summed E-state index contributed by atoms with van der Waals surface area (Å²) in [6.07, 6.45) is -14.8. The molecule has 13 heteroatoms. The van der Waals surface area contributed by atoms with Crippen molar-refractivity contribution in [1.29, 1.82) is 0 Å². The fourth-order valence-corrected chi connectivity index (χ4v) is 4.05. The Labute approximate surface area is 209 Å². The van der Waals surface area contributed by atoms with Gasteiger partial charge in [0, 0.05) is 12.1 Å². The molecule has 1 aliphatic rings. The lowest BCUT2D eigenvalue weighted by Crippen LogP contribution is -2.39. The standard InChI is InChI=1S/C25H17F10NO2/c26-17-10-14(11-18(27)21(17)28)16-5-2-6-19-22(16)37-12-20(36(19)8-7-24(31,32)33)13-3-1-4-15(9-13)38-25(34,35)23(29)30/h1-6,9-11,20,23H,7-8,12H2/t20-/m1/s1. The van der Waals surface area contributed by atoms with Gasteiger partial charge in [0.1, 0.15) is 12.4 Å². The second-order valence-electron chi connectivity index (χ2n) is 8.33. The van der Waals surface area contributed by atoms with E-state index in [9.17, 15) is 43.9 Å². The van der Waals surface area contributed by atoms with Gasteiger partial charge < -0.3 is 14.4 Å². The van der Waals surface area contributed by atoms with Crippen molar-refractivity contribution in [3.63, 3.8) is 0 Å². The lowest BCUT2D eigenvalue weighted by molar-refractivity contribution is -0.253. The minimum Gasteiger partial charge on any atom is -0.488 e. The van der Waals surface area contributed by atoms with E-state index in [-0.39, 0.29) is 34.7 Å². The van der Waals surface area contributed by atoms with Crippen LogP contribution in [0, 0.1) is 17.5 Å². The van der Waals surface area contributed by atoms with Gasteiger partial charge in [0.2, 0.25) is 0 Å². The first-order valence-electron chi connectivity index (χ1n) is 11.0. The summed E-state index contributed by atoms with van der Waals surface area (Å²) in [7, 11) is 0. The summed E-state index contributed by atoms with van der Waals surface area (Å²) in [5.74, 6) is -5.38. The second kappa shape index (κ2) is 10.3. The molecule has 38 heavy (non-hydrogen) atoms. The molecule has 0 spiro atoms. The first kappa shape index (κ1) is 27.4. The van der Waals surface area contributed by atoms with E-state index in [0.29, 0.717) is 12.1 Å². The van der Waals surface area contributed by atoms with Crippen LogP contribution in [-0.4, -0.2) is 31.9 Å². The van der Waals surface area contributed by atoms with Crippen LogP contribution in [0.4, 0.5) is 49.6 Å². The van der Waals surface area contributed by atoms with Crippen molar-refractivity contribution in [2.75, 3.05) is 18.1 Å². The van der Waals surface area contributed by atoms with Crippen molar-refractivity contribution in [2.45, 2.75) is 31.2 Å². The Bertz CT molecular complexity index is 1290. The molecule has 0 radical (unpaired) electrons. The molecule has 1 atom stereocenters. The van der Waals surface area contributed by atoms with Gasteiger partial charge in [0.15, 0.2) is 23.2 Å². The second-order valence-corrected chi connectivity index (χ2v) is 8.33. The van der Waals surface area contributed by atoms with Crippen LogP contribution < -0.4 is 14.4 Å². The third kappa shape index (κ3) is 5.76. The van der Waals surface area contributed by atoms with Gasteiger partial charge in [0.25, 0.3) is 0 Å². The third-order valence-corrected chi connectivity index (χ3v) is 5.75. The molecule has 4 rings (SSSR count). The lowest BCUT2D eigenvalue weighted by atomic mass is 9.98. The third-order valence-electron chi connectivity index (χ3n) is 5.75. The number of alkyl halides is 7. The number of fused-ring (bicyclic) bond motifs is 1. The molecule has 1 aliphatic heterocycles. The molecule has 1 heterocycles. The van der Waals surface area contributed by atoms with Gasteiger partial charge >= 0.3 is 18.7 Å². The highest BCUT2D eigenvalue weighted by Crippen LogP contribution is 2.46. The van der Waals surface area contributed by atoms with E-state index in [2.05, 4.69) is 4.74 Å². The Morgan fingerprint density at radius 3 is 2.21 bits per heavy atom. The number of rotatable bonds is 7. The Hall–Kier alpha value is -3.64. The van der Waals surface area contributed by atoms with Crippen molar-refractivity contribution in [2.24, 2.45) is 0 Å². The zero-order valence-corrected chi connectivity index (χ0v) is 19.0. The van der Waals surface area contributed by atoms with E-state index >= 15 is 0 Å². The van der Waals surface area contributed by atoms with Gasteiger partial charge in [-0.1, -0.05) is 24.3 Å². The number of para-hydroxylation sites is 1. The topological polar surface area (TPSA) is 21.7 Å². The first-order chi connectivity index (χ1) is 17.8. The molecule has 3 nitrogen and oxygen atoms in total. The van der Waals surface area contributed by atoms with Crippen molar-refractivity contribution in [3.8, 4) is 22.6 Å². The van der Waals surface area contributed by atoms with Gasteiger partial charge in [-0.25, -0.2) is 13.2 Å². The lowest BCUT2D eigenvalue weighted by Gasteiger charge is -2.40. The Morgan fingerprint density at radius 2 is 1.58 bits per heavy atom. The normalized spacial score (nSPS) is 15.9. The van der Waals surface area contributed by atoms with Crippen LogP contribution in [0.3, 0.4) is 0 Å². The number of ether oxygens (including phenoxy) is 2. The van der Waals surface area contributed by atoms with Crippen LogP contribution in [0.25, 0.3) is 11.1 Å². The van der Waals surface area contributed by atoms with Crippen molar-refractivity contribution >= 4 is 5.69 Å². The van der Waals surface area contributed by atoms with Gasteiger partial charge in [0.05, 0.1) is 18.2 Å². The number of nitrogens with zero attached hydrogens (tertiary/aromatic N) is 1. The average molecular weight is 553 g/mol. The van der Waals surface area contributed by atoms with E-state index < -0.39 is 60.9 Å². The molecular formula is C25H17F10NO2. The van der Waals surface area contributed by atoms with Crippen molar-refractivity contribution in [3.05, 3.63) is 77.6 Å². The molecule has 0 amide bonds. The summed E-state index contributed by atoms with van der Waals surface area (Å²) in [6.45, 7) is -0.999. The largest absolute Gasteiger partial charge is 0.488 e. The van der Waals surface area contributed by atoms with E-state index in [1.165, 1.54) is 35.2 Å². The van der Waals surface area contributed by atoms with Gasteiger partial charge in [-0.05, 0) is 41.5 Å². The maximum Gasteiger partial charge on any atom is 0.461 e. The monoisotopic (exact) mass is 553 g/mol. The molecule has 0 aromatic heterocycles. The maximum absolute atomic E-state index is 13.9. The molecule has 0 aliphatic carbocycles. The number of anilines is 1. The van der Waals surface area contributed by atoms with Crippen LogP contribution in [-0.2, 0) is 0 Å². The molecule has 3 aromatic rings. The molecular weight excluding hydrogens is 536 g/mol. The summed E-state index contributed by atoms with van der Waals surface area (Å²) < 4.78 is 142. The van der Waals surface area contributed by atoms with Gasteiger partial charge in [-0.15, -0.1) is 0 Å². The van der Waals surface area contributed by atoms with E-state index in [4.69, 9.17) is 4.74 Å². The number of hydrogen-bond donors (Lipinski definition) is 0. The molecule has 0 unspecified atom stereocenters. The highest BCUT2D eigenvalue weighted by Gasteiger charge is 2.44. The van der Waals surface area contributed by atoms with Crippen LogP contribution >= 0.6 is 0 Å². The highest BCUT2D eigenvalue weighted by atomic mass is 19.4. The number of hydrogen-bond acceptors (Lipinski definition) is 3. The van der Waals surface area contributed by atoms with Crippen LogP contribution in [0.2, 0.25) is 0 Å². The Morgan fingerprint density at radius 1 is 0.921 bits per heavy atom. The Kier molecular flexibility index (Phi) is 7.39. The molecule has 204 valence electrons. The zero-order chi connectivity index (χ0) is 27.8. The minimum absolute atomic E-state index is 0.0482. The van der Waals surface area contributed by atoms with Crippen LogP contribution in [0.5, 0.6) is 11.5 Å². The Balaban J connectivity index is 1.76. The van der Waals surface area contributed by atoms with Crippen molar-refractivity contribution < 1.29 is 53.4 Å². The quantitative estimate of drug-likeness (QED) is 0.219.